The van der Waals surface area contributed by atoms with E-state index >= 15 is 0 Å². The normalized spacial score (nSPS) is 23.1. The summed E-state index contributed by atoms with van der Waals surface area (Å²) in [6, 6.07) is 0. The third-order valence-electron chi connectivity index (χ3n) is 3.30. The molecule has 0 aromatic heterocycles. The minimum atomic E-state index is -5.18. The van der Waals surface area contributed by atoms with Gasteiger partial charge in [-0.05, 0) is 0 Å². The summed E-state index contributed by atoms with van der Waals surface area (Å²) >= 11 is 0. The van der Waals surface area contributed by atoms with Crippen LogP contribution in [0, 0.1) is 0 Å². The van der Waals surface area contributed by atoms with Crippen molar-refractivity contribution in [3.05, 3.63) is 0 Å². The number of aliphatic hydroxyl groups excluding tert-OH is 8. The molecule has 0 aliphatic rings. The van der Waals surface area contributed by atoms with Crippen molar-refractivity contribution in [2.45, 2.75) is 48.8 Å². The summed E-state index contributed by atoms with van der Waals surface area (Å²) in [5.74, 6) is 0. The molecule has 0 aromatic carbocycles. The predicted octanol–water partition coefficient (Wildman–Crippen LogP) is -5.59. The largest absolute Gasteiger partial charge is 0.473 e. The van der Waals surface area contributed by atoms with E-state index in [1.54, 1.807) is 0 Å². The maximum Gasteiger partial charge on any atom is 0.473 e. The molecular formula is C12H23O14P. The summed E-state index contributed by atoms with van der Waals surface area (Å²) in [6.45, 7) is -2.18. The molecule has 0 saturated heterocycles. The van der Waals surface area contributed by atoms with Crippen LogP contribution in [0.15, 0.2) is 0 Å². The summed E-state index contributed by atoms with van der Waals surface area (Å²) in [7, 11) is -5.18. The second kappa shape index (κ2) is 11.9. The lowest BCUT2D eigenvalue weighted by atomic mass is 10.0. The van der Waals surface area contributed by atoms with Crippen molar-refractivity contribution in [3.63, 3.8) is 0 Å². The number of carbonyl (C=O) groups excluding carboxylic acids is 2. The third-order valence-corrected chi connectivity index (χ3v) is 4.28. The Bertz CT molecular complexity index is 502. The van der Waals surface area contributed by atoms with Crippen LogP contribution >= 0.6 is 7.82 Å². The van der Waals surface area contributed by atoms with Crippen LogP contribution in [0.4, 0.5) is 0 Å². The van der Waals surface area contributed by atoms with Crippen LogP contribution in [0.2, 0.25) is 0 Å². The molecule has 0 fully saturated rings. The fourth-order valence-electron chi connectivity index (χ4n) is 1.66. The Morgan fingerprint density at radius 3 is 1.78 bits per heavy atom. The molecule has 0 aromatic rings. The Balaban J connectivity index is 4.84. The quantitative estimate of drug-likeness (QED) is 0.0935. The zero-order valence-electron chi connectivity index (χ0n) is 13.7. The Morgan fingerprint density at radius 1 is 0.815 bits per heavy atom. The summed E-state index contributed by atoms with van der Waals surface area (Å²) in [4.78, 5) is 30.6. The van der Waals surface area contributed by atoms with Crippen LogP contribution in [0.1, 0.15) is 0 Å². The van der Waals surface area contributed by atoms with E-state index in [1.165, 1.54) is 0 Å². The first-order valence-corrected chi connectivity index (χ1v) is 8.85. The van der Waals surface area contributed by atoms with Crippen molar-refractivity contribution in [2.75, 3.05) is 13.2 Å². The lowest BCUT2D eigenvalue weighted by Crippen LogP contribution is -2.47. The van der Waals surface area contributed by atoms with Gasteiger partial charge >= 0.3 is 7.82 Å². The molecule has 14 nitrogen and oxygen atoms in total. The van der Waals surface area contributed by atoms with E-state index in [0.717, 1.165) is 0 Å². The molecule has 15 heteroatoms. The number of aldehydes is 2. The third kappa shape index (κ3) is 8.35. The van der Waals surface area contributed by atoms with Crippen molar-refractivity contribution in [1.29, 1.82) is 0 Å². The molecule has 1 unspecified atom stereocenters. The number of phosphoric acid groups is 1. The molecule has 0 heterocycles. The zero-order chi connectivity index (χ0) is 21.4. The molecule has 0 aliphatic carbocycles. The van der Waals surface area contributed by atoms with Crippen LogP contribution in [0.25, 0.3) is 0 Å². The van der Waals surface area contributed by atoms with Crippen LogP contribution in [0.5, 0.6) is 0 Å². The molecule has 0 bridgehead atoms. The van der Waals surface area contributed by atoms with E-state index in [1.807, 2.05) is 0 Å². The number of rotatable bonds is 14. The standard InChI is InChI=1S/C12H23O14P/c13-1-5(16)9(19)11(21)7(18)4-25-27(23,24)26-8(3-15)12(22)10(20)6(17)2-14/h1,3,5-12,14,16-22H,2,4H2,(H,23,24)/t5-,6+,7+,8-,9+,10+,11+,12+/m0/s1. The Kier molecular flexibility index (Phi) is 11.5. The van der Waals surface area contributed by atoms with E-state index in [4.69, 9.17) is 15.3 Å². The minimum absolute atomic E-state index is 0.135. The molecule has 0 rings (SSSR count). The molecule has 9 N–H and O–H groups in total. The van der Waals surface area contributed by atoms with Crippen LogP contribution in [0.3, 0.4) is 0 Å². The van der Waals surface area contributed by atoms with Gasteiger partial charge < -0.3 is 55.3 Å². The molecule has 27 heavy (non-hydrogen) atoms. The summed E-state index contributed by atoms with van der Waals surface area (Å²) in [6.07, 6.45) is -17.2. The van der Waals surface area contributed by atoms with Crippen molar-refractivity contribution >= 4 is 20.4 Å². The SMILES string of the molecule is O=C[C@H](OP(=O)(O)OC[C@@H](O)[C@@H](O)[C@H](O)[C@@H](O)C=O)[C@@H](O)[C@H](O)[C@H](O)CO. The van der Waals surface area contributed by atoms with Gasteiger partial charge in [-0.25, -0.2) is 4.57 Å². The van der Waals surface area contributed by atoms with E-state index < -0.39 is 69.9 Å². The first kappa shape index (κ1) is 26.1. The van der Waals surface area contributed by atoms with Gasteiger partial charge in [0.2, 0.25) is 0 Å². The van der Waals surface area contributed by atoms with Gasteiger partial charge in [-0.3, -0.25) is 9.05 Å². The lowest BCUT2D eigenvalue weighted by Gasteiger charge is -2.27. The first-order valence-electron chi connectivity index (χ1n) is 7.35. The second-order valence-electron chi connectivity index (χ2n) is 5.38. The van der Waals surface area contributed by atoms with Gasteiger partial charge in [-0.2, -0.15) is 0 Å². The average molecular weight is 422 g/mol. The van der Waals surface area contributed by atoms with Crippen LogP contribution < -0.4 is 0 Å². The van der Waals surface area contributed by atoms with E-state index in [0.29, 0.717) is 0 Å². The lowest BCUT2D eigenvalue weighted by molar-refractivity contribution is -0.139. The van der Waals surface area contributed by atoms with Crippen molar-refractivity contribution in [1.82, 2.24) is 0 Å². The predicted molar refractivity (Wildman–Crippen MR) is 81.9 cm³/mol. The van der Waals surface area contributed by atoms with Gasteiger partial charge in [0.15, 0.2) is 18.7 Å². The molecular weight excluding hydrogens is 399 g/mol. The average Bonchev–Trinajstić information content (AvgIpc) is 2.66. The van der Waals surface area contributed by atoms with Gasteiger partial charge in [-0.15, -0.1) is 0 Å². The number of hydrogen-bond donors (Lipinski definition) is 9. The Hall–Kier alpha value is -0.870. The molecule has 0 radical (unpaired) electrons. The second-order valence-corrected chi connectivity index (χ2v) is 6.78. The maximum atomic E-state index is 11.7. The molecule has 0 aliphatic heterocycles. The fourth-order valence-corrected chi connectivity index (χ4v) is 2.55. The number of hydrogen-bond acceptors (Lipinski definition) is 13. The molecule has 0 saturated carbocycles. The topological polar surface area (TPSA) is 252 Å². The first-order chi connectivity index (χ1) is 12.4. The summed E-state index contributed by atoms with van der Waals surface area (Å²) < 4.78 is 20.3. The van der Waals surface area contributed by atoms with Gasteiger partial charge in [0.1, 0.15) is 42.7 Å². The summed E-state index contributed by atoms with van der Waals surface area (Å²) in [5, 5.41) is 74.2. The smallest absolute Gasteiger partial charge is 0.394 e. The summed E-state index contributed by atoms with van der Waals surface area (Å²) in [5.41, 5.74) is 0. The molecule has 0 amide bonds. The highest BCUT2D eigenvalue weighted by molar-refractivity contribution is 7.47. The van der Waals surface area contributed by atoms with Crippen LogP contribution in [-0.2, 0) is 23.2 Å². The van der Waals surface area contributed by atoms with E-state index in [9.17, 15) is 44.6 Å². The van der Waals surface area contributed by atoms with Crippen LogP contribution in [-0.4, -0.2) is 120 Å². The van der Waals surface area contributed by atoms with Crippen molar-refractivity contribution in [3.8, 4) is 0 Å². The van der Waals surface area contributed by atoms with Gasteiger partial charge in [-0.1, -0.05) is 0 Å². The number of phosphoric ester groups is 1. The van der Waals surface area contributed by atoms with Gasteiger partial charge in [0.25, 0.3) is 0 Å². The highest BCUT2D eigenvalue weighted by Gasteiger charge is 2.38. The molecule has 160 valence electrons. The van der Waals surface area contributed by atoms with Crippen molar-refractivity contribution < 1.29 is 68.9 Å². The van der Waals surface area contributed by atoms with Gasteiger partial charge in [0.05, 0.1) is 13.2 Å². The number of aliphatic hydroxyl groups is 8. The monoisotopic (exact) mass is 422 g/mol. The zero-order valence-corrected chi connectivity index (χ0v) is 14.6. The molecule has 0 spiro atoms. The Labute approximate surface area is 152 Å². The fraction of sp³-hybridized carbons (Fsp3) is 0.833. The Morgan fingerprint density at radius 2 is 1.33 bits per heavy atom. The van der Waals surface area contributed by atoms with E-state index in [2.05, 4.69) is 9.05 Å². The maximum absolute atomic E-state index is 11.7. The highest BCUT2D eigenvalue weighted by atomic mass is 31.2. The number of carbonyl (C=O) groups is 2. The minimum Gasteiger partial charge on any atom is -0.394 e. The van der Waals surface area contributed by atoms with E-state index in [-0.39, 0.29) is 12.6 Å². The molecule has 9 atom stereocenters. The highest BCUT2D eigenvalue weighted by Crippen LogP contribution is 2.45. The van der Waals surface area contributed by atoms with Gasteiger partial charge in [0, 0.05) is 0 Å². The van der Waals surface area contributed by atoms with Crippen molar-refractivity contribution in [2.24, 2.45) is 0 Å².